The van der Waals surface area contributed by atoms with Crippen LogP contribution in [0.3, 0.4) is 0 Å². The molecule has 0 unspecified atom stereocenters. The summed E-state index contributed by atoms with van der Waals surface area (Å²) < 4.78 is 5.43. The lowest BCUT2D eigenvalue weighted by molar-refractivity contribution is -0.118. The Morgan fingerprint density at radius 1 is 1.27 bits per heavy atom. The van der Waals surface area contributed by atoms with E-state index in [0.29, 0.717) is 5.95 Å². The van der Waals surface area contributed by atoms with Crippen molar-refractivity contribution < 1.29 is 4.79 Å². The number of rotatable bonds is 4. The normalized spacial score (nSPS) is 11.6. The van der Waals surface area contributed by atoms with Gasteiger partial charge in [0.05, 0.1) is 5.69 Å². The van der Waals surface area contributed by atoms with Crippen LogP contribution < -0.4 is 17.0 Å². The molecule has 0 aliphatic heterocycles. The molecule has 26 heavy (non-hydrogen) atoms. The van der Waals surface area contributed by atoms with Crippen molar-refractivity contribution >= 4 is 17.1 Å². The van der Waals surface area contributed by atoms with E-state index in [1.807, 2.05) is 33.8 Å². The smallest absolute Gasteiger partial charge is 0.332 e. The Morgan fingerprint density at radius 2 is 1.92 bits per heavy atom. The van der Waals surface area contributed by atoms with Gasteiger partial charge in [-0.3, -0.25) is 18.7 Å². The minimum Gasteiger partial charge on any atom is -0.368 e. The lowest BCUT2D eigenvalue weighted by atomic mass is 10.3. The summed E-state index contributed by atoms with van der Waals surface area (Å²) in [5.41, 5.74) is 6.07. The fourth-order valence-corrected chi connectivity index (χ4v) is 3.09. The quantitative estimate of drug-likeness (QED) is 0.689. The largest absolute Gasteiger partial charge is 0.368 e. The molecular formula is C16H21N7O3. The number of primary amides is 1. The van der Waals surface area contributed by atoms with Gasteiger partial charge in [0.25, 0.3) is 5.56 Å². The Labute approximate surface area is 148 Å². The van der Waals surface area contributed by atoms with Crippen LogP contribution in [0.25, 0.3) is 17.1 Å². The number of hydrogen-bond acceptors (Lipinski definition) is 5. The zero-order valence-electron chi connectivity index (χ0n) is 15.3. The second-order valence-electron chi connectivity index (χ2n) is 6.59. The van der Waals surface area contributed by atoms with Gasteiger partial charge in [-0.2, -0.15) is 10.1 Å². The van der Waals surface area contributed by atoms with Crippen LogP contribution in [0.15, 0.2) is 15.7 Å². The van der Waals surface area contributed by atoms with E-state index in [1.54, 1.807) is 9.25 Å². The van der Waals surface area contributed by atoms with Gasteiger partial charge in [0.1, 0.15) is 6.54 Å². The van der Waals surface area contributed by atoms with E-state index in [1.165, 1.54) is 11.6 Å². The first-order valence-corrected chi connectivity index (χ1v) is 8.17. The zero-order chi connectivity index (χ0) is 19.3. The third-order valence-electron chi connectivity index (χ3n) is 4.19. The number of fused-ring (bicyclic) bond motifs is 1. The third-order valence-corrected chi connectivity index (χ3v) is 4.19. The molecule has 0 aromatic carbocycles. The SMILES string of the molecule is Cc1cc(C)n(-c2nc3c(c(=O)n(CC(N)=O)c(=O)n3C)n2C(C)C)n1. The molecule has 0 saturated carbocycles. The summed E-state index contributed by atoms with van der Waals surface area (Å²) in [6.45, 7) is 7.06. The number of amides is 1. The van der Waals surface area contributed by atoms with Crippen LogP contribution in [0.1, 0.15) is 31.3 Å². The van der Waals surface area contributed by atoms with Gasteiger partial charge in [0, 0.05) is 18.8 Å². The van der Waals surface area contributed by atoms with Gasteiger partial charge in [0.15, 0.2) is 11.2 Å². The van der Waals surface area contributed by atoms with E-state index in [4.69, 9.17) is 5.73 Å². The van der Waals surface area contributed by atoms with Gasteiger partial charge >= 0.3 is 5.69 Å². The zero-order valence-corrected chi connectivity index (χ0v) is 15.3. The average Bonchev–Trinajstić information content (AvgIpc) is 3.09. The molecule has 10 heteroatoms. The van der Waals surface area contributed by atoms with Gasteiger partial charge < -0.3 is 5.73 Å². The van der Waals surface area contributed by atoms with Crippen LogP contribution in [0.4, 0.5) is 0 Å². The highest BCUT2D eigenvalue weighted by molar-refractivity contribution is 5.75. The van der Waals surface area contributed by atoms with Crippen LogP contribution >= 0.6 is 0 Å². The van der Waals surface area contributed by atoms with Crippen LogP contribution in [0.5, 0.6) is 0 Å². The number of aromatic nitrogens is 6. The number of carbonyl (C=O) groups is 1. The summed E-state index contributed by atoms with van der Waals surface area (Å²) >= 11 is 0. The lowest BCUT2D eigenvalue weighted by Gasteiger charge is -2.14. The van der Waals surface area contributed by atoms with Gasteiger partial charge in [0.2, 0.25) is 11.9 Å². The van der Waals surface area contributed by atoms with E-state index < -0.39 is 23.7 Å². The summed E-state index contributed by atoms with van der Waals surface area (Å²) in [6.07, 6.45) is 0. The molecule has 3 rings (SSSR count). The van der Waals surface area contributed by atoms with Crippen molar-refractivity contribution in [2.45, 2.75) is 40.3 Å². The topological polar surface area (TPSA) is 123 Å². The Kier molecular flexibility index (Phi) is 4.05. The first kappa shape index (κ1) is 17.6. The number of hydrogen-bond donors (Lipinski definition) is 1. The van der Waals surface area contributed by atoms with Gasteiger partial charge in [-0.15, -0.1) is 0 Å². The van der Waals surface area contributed by atoms with Crippen LogP contribution in [-0.2, 0) is 18.4 Å². The van der Waals surface area contributed by atoms with Crippen LogP contribution in [0.2, 0.25) is 0 Å². The summed E-state index contributed by atoms with van der Waals surface area (Å²) in [4.78, 5) is 41.2. The predicted molar refractivity (Wildman–Crippen MR) is 95.4 cm³/mol. The molecular weight excluding hydrogens is 338 g/mol. The number of imidazole rings is 1. The number of aryl methyl sites for hydroxylation is 3. The number of nitrogens with zero attached hydrogens (tertiary/aromatic N) is 6. The Hall–Kier alpha value is -3.17. The van der Waals surface area contributed by atoms with Gasteiger partial charge in [-0.05, 0) is 33.8 Å². The van der Waals surface area contributed by atoms with E-state index in [9.17, 15) is 14.4 Å². The molecule has 0 atom stereocenters. The first-order valence-electron chi connectivity index (χ1n) is 8.17. The monoisotopic (exact) mass is 359 g/mol. The highest BCUT2D eigenvalue weighted by atomic mass is 16.2. The number of carbonyl (C=O) groups excluding carboxylic acids is 1. The fraction of sp³-hybridized carbons (Fsp3) is 0.438. The minimum atomic E-state index is -0.766. The molecule has 1 amide bonds. The van der Waals surface area contributed by atoms with Crippen molar-refractivity contribution in [1.29, 1.82) is 0 Å². The standard InChI is InChI=1S/C16H21N7O3/c1-8(2)22-12-13(18-15(22)23-10(4)6-9(3)19-23)20(5)16(26)21(14(12)25)7-11(17)24/h6,8H,7H2,1-5H3,(H2,17,24). The summed E-state index contributed by atoms with van der Waals surface area (Å²) in [7, 11) is 1.50. The predicted octanol–water partition coefficient (Wildman–Crippen LogP) is -0.235. The molecule has 3 aromatic rings. The molecule has 0 radical (unpaired) electrons. The molecule has 0 spiro atoms. The molecule has 138 valence electrons. The highest BCUT2D eigenvalue weighted by Gasteiger charge is 2.24. The van der Waals surface area contributed by atoms with Crippen LogP contribution in [-0.4, -0.2) is 34.4 Å². The maximum Gasteiger partial charge on any atom is 0.332 e. The summed E-state index contributed by atoms with van der Waals surface area (Å²) in [6, 6.07) is 1.76. The molecule has 0 bridgehead atoms. The second-order valence-corrected chi connectivity index (χ2v) is 6.59. The Bertz CT molecular complexity index is 1140. The second kappa shape index (κ2) is 5.97. The summed E-state index contributed by atoms with van der Waals surface area (Å²) in [5, 5.41) is 4.43. The maximum absolute atomic E-state index is 12.9. The van der Waals surface area contributed by atoms with E-state index in [-0.39, 0.29) is 17.2 Å². The Balaban J connectivity index is 2.49. The van der Waals surface area contributed by atoms with Crippen molar-refractivity contribution in [2.75, 3.05) is 0 Å². The molecule has 3 aromatic heterocycles. The number of nitrogens with two attached hydrogens (primary N) is 1. The minimum absolute atomic E-state index is 0.133. The van der Waals surface area contributed by atoms with Crippen molar-refractivity contribution in [3.63, 3.8) is 0 Å². The molecule has 10 nitrogen and oxygen atoms in total. The first-order chi connectivity index (χ1) is 12.1. The van der Waals surface area contributed by atoms with Crippen molar-refractivity contribution in [3.8, 4) is 5.95 Å². The average molecular weight is 359 g/mol. The highest BCUT2D eigenvalue weighted by Crippen LogP contribution is 2.21. The molecule has 0 saturated heterocycles. The van der Waals surface area contributed by atoms with Crippen molar-refractivity contribution in [2.24, 2.45) is 12.8 Å². The fourth-order valence-electron chi connectivity index (χ4n) is 3.09. The van der Waals surface area contributed by atoms with Crippen LogP contribution in [0, 0.1) is 13.8 Å². The van der Waals surface area contributed by atoms with Gasteiger partial charge in [-0.1, -0.05) is 0 Å². The summed E-state index contributed by atoms with van der Waals surface area (Å²) in [5.74, 6) is -0.331. The molecule has 0 aliphatic rings. The van der Waals surface area contributed by atoms with Gasteiger partial charge in [-0.25, -0.2) is 14.0 Å². The maximum atomic E-state index is 12.9. The van der Waals surface area contributed by atoms with Crippen molar-refractivity contribution in [3.05, 3.63) is 38.3 Å². The van der Waals surface area contributed by atoms with Crippen molar-refractivity contribution in [1.82, 2.24) is 28.5 Å². The molecule has 3 heterocycles. The Morgan fingerprint density at radius 3 is 2.42 bits per heavy atom. The van der Waals surface area contributed by atoms with E-state index in [0.717, 1.165) is 16.0 Å². The van der Waals surface area contributed by atoms with E-state index >= 15 is 0 Å². The third kappa shape index (κ3) is 2.54. The lowest BCUT2D eigenvalue weighted by Crippen LogP contribution is -2.42. The molecule has 0 aliphatic carbocycles. The molecule has 2 N–H and O–H groups in total. The molecule has 0 fully saturated rings. The van der Waals surface area contributed by atoms with E-state index in [2.05, 4.69) is 10.1 Å².